The zero-order chi connectivity index (χ0) is 25.4. The van der Waals surface area contributed by atoms with Crippen molar-refractivity contribution < 1.29 is 28.6 Å². The quantitative estimate of drug-likeness (QED) is 0.330. The summed E-state index contributed by atoms with van der Waals surface area (Å²) < 4.78 is 16.7. The molecule has 0 aliphatic heterocycles. The van der Waals surface area contributed by atoms with Gasteiger partial charge in [0.1, 0.15) is 11.5 Å². The summed E-state index contributed by atoms with van der Waals surface area (Å²) in [6.07, 6.45) is 1.44. The van der Waals surface area contributed by atoms with Crippen LogP contribution in [0.3, 0.4) is 0 Å². The molecule has 3 rings (SSSR count). The summed E-state index contributed by atoms with van der Waals surface area (Å²) in [5.41, 5.74) is 2.68. The van der Waals surface area contributed by atoms with Crippen LogP contribution in [0.15, 0.2) is 59.2 Å². The van der Waals surface area contributed by atoms with Gasteiger partial charge in [0.2, 0.25) is 0 Å². The van der Waals surface area contributed by atoms with Gasteiger partial charge in [0.15, 0.2) is 6.10 Å². The lowest BCUT2D eigenvalue weighted by atomic mass is 9.98. The molecule has 2 N–H and O–H groups in total. The molecule has 35 heavy (non-hydrogen) atoms. The lowest BCUT2D eigenvalue weighted by Crippen LogP contribution is -2.29. The van der Waals surface area contributed by atoms with E-state index >= 15 is 0 Å². The first kappa shape index (κ1) is 26.3. The molecule has 0 aliphatic carbocycles. The van der Waals surface area contributed by atoms with Crippen molar-refractivity contribution in [3.63, 3.8) is 0 Å². The topological polar surface area (TPSA) is 98.0 Å². The molecule has 1 aromatic heterocycles. The van der Waals surface area contributed by atoms with Crippen molar-refractivity contribution >= 4 is 23.5 Å². The highest BCUT2D eigenvalue weighted by Crippen LogP contribution is 2.27. The van der Waals surface area contributed by atoms with Gasteiger partial charge in [0.25, 0.3) is 5.91 Å². The van der Waals surface area contributed by atoms with Crippen LogP contribution in [0.2, 0.25) is 5.02 Å². The van der Waals surface area contributed by atoms with E-state index in [1.54, 1.807) is 44.4 Å². The average molecular weight is 500 g/mol. The summed E-state index contributed by atoms with van der Waals surface area (Å²) >= 11 is 6.33. The Labute approximate surface area is 210 Å². The molecular weight excluding hydrogens is 470 g/mol. The third-order valence-electron chi connectivity index (χ3n) is 5.19. The summed E-state index contributed by atoms with van der Waals surface area (Å²) in [4.78, 5) is 24.5. The van der Waals surface area contributed by atoms with Gasteiger partial charge in [-0.05, 0) is 61.7 Å². The van der Waals surface area contributed by atoms with E-state index in [4.69, 9.17) is 25.5 Å². The second kappa shape index (κ2) is 12.4. The van der Waals surface area contributed by atoms with Crippen molar-refractivity contribution in [3.8, 4) is 17.1 Å². The maximum atomic E-state index is 12.9. The number of aliphatic carboxylic acids is 1. The Morgan fingerprint density at radius 3 is 2.57 bits per heavy atom. The van der Waals surface area contributed by atoms with Crippen LogP contribution < -0.4 is 10.1 Å². The Balaban J connectivity index is 1.80. The Morgan fingerprint density at radius 1 is 1.14 bits per heavy atom. The number of nitrogens with one attached hydrogen (secondary N) is 1. The zero-order valence-electron chi connectivity index (χ0n) is 20.0. The number of rotatable bonds is 12. The number of carbonyl (C=O) groups excluding carboxylic acids is 1. The number of hydrogen-bond acceptors (Lipinski definition) is 5. The number of carboxylic acids is 1. The van der Waals surface area contributed by atoms with Crippen LogP contribution in [0.25, 0.3) is 11.3 Å². The first-order valence-corrected chi connectivity index (χ1v) is 11.9. The van der Waals surface area contributed by atoms with Crippen molar-refractivity contribution in [2.45, 2.75) is 52.4 Å². The van der Waals surface area contributed by atoms with Crippen molar-refractivity contribution in [1.29, 1.82) is 0 Å². The number of carbonyl (C=O) groups is 2. The zero-order valence-corrected chi connectivity index (χ0v) is 20.8. The predicted molar refractivity (Wildman–Crippen MR) is 134 cm³/mol. The minimum absolute atomic E-state index is 0.190. The van der Waals surface area contributed by atoms with Gasteiger partial charge in [-0.25, -0.2) is 4.79 Å². The highest BCUT2D eigenvalue weighted by molar-refractivity contribution is 6.34. The van der Waals surface area contributed by atoms with Crippen LogP contribution in [0, 0.1) is 0 Å². The molecule has 8 heteroatoms. The number of amides is 1. The fourth-order valence-corrected chi connectivity index (χ4v) is 3.85. The van der Waals surface area contributed by atoms with Gasteiger partial charge in [0, 0.05) is 18.5 Å². The molecule has 0 saturated heterocycles. The monoisotopic (exact) mass is 499 g/mol. The van der Waals surface area contributed by atoms with Gasteiger partial charge in [0.05, 0.1) is 29.6 Å². The van der Waals surface area contributed by atoms with Gasteiger partial charge in [-0.3, -0.25) is 4.79 Å². The lowest BCUT2D eigenvalue weighted by Gasteiger charge is -2.18. The van der Waals surface area contributed by atoms with Crippen LogP contribution >= 0.6 is 11.6 Å². The summed E-state index contributed by atoms with van der Waals surface area (Å²) in [5.74, 6) is -0.105. The molecule has 186 valence electrons. The molecule has 0 bridgehead atoms. The standard InChI is InChI=1S/C27H30ClNO6/c1-4-11-33-20-8-10-22(23(28)15-20)26(30)29-16-19-13-18(14-25(27(31)32)35-17(2)3)7-9-21(19)24-6-5-12-34-24/h5-10,12-13,15,17,25H,4,11,14,16H2,1-3H3,(H,29,30)(H,31,32). The van der Waals surface area contributed by atoms with Gasteiger partial charge >= 0.3 is 5.97 Å². The van der Waals surface area contributed by atoms with E-state index in [2.05, 4.69) is 5.32 Å². The Hall–Kier alpha value is -3.29. The van der Waals surface area contributed by atoms with E-state index in [0.717, 1.165) is 23.1 Å². The summed E-state index contributed by atoms with van der Waals surface area (Å²) in [6.45, 7) is 6.36. The molecule has 0 radical (unpaired) electrons. The van der Waals surface area contributed by atoms with Crippen LogP contribution in [0.4, 0.5) is 0 Å². The summed E-state index contributed by atoms with van der Waals surface area (Å²) in [6, 6.07) is 14.1. The minimum Gasteiger partial charge on any atom is -0.494 e. The number of carboxylic acid groups (broad SMARTS) is 1. The van der Waals surface area contributed by atoms with Gasteiger partial charge in [-0.15, -0.1) is 0 Å². The van der Waals surface area contributed by atoms with E-state index in [9.17, 15) is 14.7 Å². The molecule has 1 amide bonds. The van der Waals surface area contributed by atoms with Gasteiger partial charge in [-0.2, -0.15) is 0 Å². The fourth-order valence-electron chi connectivity index (χ4n) is 3.59. The Kier molecular flexibility index (Phi) is 9.34. The molecule has 3 aromatic rings. The highest BCUT2D eigenvalue weighted by atomic mass is 35.5. The van der Waals surface area contributed by atoms with E-state index in [0.29, 0.717) is 28.7 Å². The third-order valence-corrected chi connectivity index (χ3v) is 5.50. The first-order chi connectivity index (χ1) is 16.8. The Morgan fingerprint density at radius 2 is 1.94 bits per heavy atom. The van der Waals surface area contributed by atoms with Crippen molar-refractivity contribution in [2.24, 2.45) is 0 Å². The van der Waals surface area contributed by atoms with Crippen molar-refractivity contribution in [2.75, 3.05) is 6.61 Å². The molecule has 0 saturated carbocycles. The maximum absolute atomic E-state index is 12.9. The smallest absolute Gasteiger partial charge is 0.333 e. The van der Waals surface area contributed by atoms with Gasteiger partial charge in [-0.1, -0.05) is 36.7 Å². The van der Waals surface area contributed by atoms with Crippen LogP contribution in [-0.2, 0) is 22.5 Å². The van der Waals surface area contributed by atoms with Crippen molar-refractivity contribution in [3.05, 3.63) is 76.5 Å². The predicted octanol–water partition coefficient (Wildman–Crippen LogP) is 5.74. The third kappa shape index (κ3) is 7.34. The largest absolute Gasteiger partial charge is 0.494 e. The molecular formula is C27H30ClNO6. The highest BCUT2D eigenvalue weighted by Gasteiger charge is 2.21. The van der Waals surface area contributed by atoms with E-state index < -0.39 is 12.1 Å². The maximum Gasteiger partial charge on any atom is 0.333 e. The normalized spacial score (nSPS) is 11.9. The summed E-state index contributed by atoms with van der Waals surface area (Å²) in [7, 11) is 0. The molecule has 1 heterocycles. The second-order valence-corrected chi connectivity index (χ2v) is 8.76. The number of halogens is 1. The van der Waals surface area contributed by atoms with E-state index in [1.165, 1.54) is 0 Å². The summed E-state index contributed by atoms with van der Waals surface area (Å²) in [5, 5.41) is 12.7. The molecule has 2 aromatic carbocycles. The number of hydrogen-bond donors (Lipinski definition) is 2. The number of ether oxygens (including phenoxy) is 2. The second-order valence-electron chi connectivity index (χ2n) is 8.36. The van der Waals surface area contributed by atoms with Crippen LogP contribution in [0.1, 0.15) is 48.7 Å². The molecule has 0 fully saturated rings. The average Bonchev–Trinajstić information content (AvgIpc) is 3.35. The Bertz CT molecular complexity index is 1140. The van der Waals surface area contributed by atoms with Gasteiger partial charge < -0.3 is 24.3 Å². The lowest BCUT2D eigenvalue weighted by molar-refractivity contribution is -0.153. The minimum atomic E-state index is -1.02. The number of furan rings is 1. The first-order valence-electron chi connectivity index (χ1n) is 11.5. The fraction of sp³-hybridized carbons (Fsp3) is 0.333. The van der Waals surface area contributed by atoms with E-state index in [-0.39, 0.29) is 25.0 Å². The SMILES string of the molecule is CCCOc1ccc(C(=O)NCc2cc(CC(OC(C)C)C(=O)O)ccc2-c2ccco2)c(Cl)c1. The molecule has 1 unspecified atom stereocenters. The van der Waals surface area contributed by atoms with Crippen LogP contribution in [0.5, 0.6) is 5.75 Å². The van der Waals surface area contributed by atoms with Crippen LogP contribution in [-0.4, -0.2) is 35.8 Å². The molecule has 7 nitrogen and oxygen atoms in total. The molecule has 0 aliphatic rings. The molecule has 1 atom stereocenters. The molecule has 0 spiro atoms. The number of benzene rings is 2. The van der Waals surface area contributed by atoms with Crippen molar-refractivity contribution in [1.82, 2.24) is 5.32 Å². The van der Waals surface area contributed by atoms with E-state index in [1.807, 2.05) is 31.2 Å².